The highest BCUT2D eigenvalue weighted by Gasteiger charge is 2.34. The monoisotopic (exact) mass is 291 g/mol. The summed E-state index contributed by atoms with van der Waals surface area (Å²) in [5.74, 6) is -0.943. The second-order valence-electron chi connectivity index (χ2n) is 5.02. The van der Waals surface area contributed by atoms with E-state index in [0.717, 1.165) is 0 Å². The van der Waals surface area contributed by atoms with Crippen LogP contribution in [0.15, 0.2) is 12.1 Å². The summed E-state index contributed by atoms with van der Waals surface area (Å²) in [4.78, 5) is 11.2. The smallest absolute Gasteiger partial charge is 0.345 e. The van der Waals surface area contributed by atoms with Crippen molar-refractivity contribution in [1.29, 1.82) is 0 Å². The Labute approximate surface area is 116 Å². The Morgan fingerprint density at radius 3 is 2.11 bits per heavy atom. The standard InChI is InChI=1S/C12H15Cl2NO3/c1-12(2,3)10(11(16)17)18-9-7(13)4-6(15)5-8(9)14/h4-5,10H,15H2,1-3H3,(H,16,17). The van der Waals surface area contributed by atoms with Crippen molar-refractivity contribution in [2.24, 2.45) is 5.41 Å². The fourth-order valence-corrected chi connectivity index (χ4v) is 2.00. The van der Waals surface area contributed by atoms with Crippen LogP contribution in [-0.4, -0.2) is 17.2 Å². The number of carbonyl (C=O) groups is 1. The van der Waals surface area contributed by atoms with Gasteiger partial charge in [0.1, 0.15) is 0 Å². The van der Waals surface area contributed by atoms with Crippen molar-refractivity contribution < 1.29 is 14.6 Å². The summed E-state index contributed by atoms with van der Waals surface area (Å²) in [6, 6.07) is 2.93. The van der Waals surface area contributed by atoms with Crippen LogP contribution in [0.25, 0.3) is 0 Å². The van der Waals surface area contributed by atoms with Gasteiger partial charge in [-0.25, -0.2) is 4.79 Å². The highest BCUT2D eigenvalue weighted by atomic mass is 35.5. The van der Waals surface area contributed by atoms with E-state index in [9.17, 15) is 9.90 Å². The lowest BCUT2D eigenvalue weighted by atomic mass is 9.89. The molecule has 0 aromatic heterocycles. The molecule has 18 heavy (non-hydrogen) atoms. The van der Waals surface area contributed by atoms with E-state index in [0.29, 0.717) is 5.69 Å². The Kier molecular flexibility index (Phi) is 4.35. The van der Waals surface area contributed by atoms with Crippen molar-refractivity contribution in [3.63, 3.8) is 0 Å². The first-order chi connectivity index (χ1) is 8.12. The van der Waals surface area contributed by atoms with Crippen LogP contribution in [0.5, 0.6) is 5.75 Å². The van der Waals surface area contributed by atoms with Gasteiger partial charge < -0.3 is 15.6 Å². The second kappa shape index (κ2) is 5.24. The van der Waals surface area contributed by atoms with Crippen molar-refractivity contribution in [3.8, 4) is 5.75 Å². The molecule has 1 rings (SSSR count). The molecule has 0 aliphatic heterocycles. The van der Waals surface area contributed by atoms with Crippen LogP contribution in [0.2, 0.25) is 10.0 Å². The molecule has 0 amide bonds. The second-order valence-corrected chi connectivity index (χ2v) is 5.83. The number of anilines is 1. The molecule has 1 aromatic rings. The number of nitrogens with two attached hydrogens (primary N) is 1. The first-order valence-electron chi connectivity index (χ1n) is 5.27. The van der Waals surface area contributed by atoms with Gasteiger partial charge in [0, 0.05) is 11.1 Å². The molecule has 1 atom stereocenters. The van der Waals surface area contributed by atoms with E-state index in [2.05, 4.69) is 0 Å². The minimum atomic E-state index is -1.08. The van der Waals surface area contributed by atoms with Gasteiger partial charge in [0.15, 0.2) is 5.75 Å². The molecular weight excluding hydrogens is 277 g/mol. The highest BCUT2D eigenvalue weighted by molar-refractivity contribution is 6.37. The summed E-state index contributed by atoms with van der Waals surface area (Å²) >= 11 is 11.9. The van der Waals surface area contributed by atoms with Crippen LogP contribution < -0.4 is 10.5 Å². The molecule has 100 valence electrons. The van der Waals surface area contributed by atoms with E-state index >= 15 is 0 Å². The van der Waals surface area contributed by atoms with Crippen LogP contribution in [0.1, 0.15) is 20.8 Å². The summed E-state index contributed by atoms with van der Waals surface area (Å²) in [5, 5.41) is 9.55. The Balaban J connectivity index is 3.13. The van der Waals surface area contributed by atoms with Crippen LogP contribution in [0, 0.1) is 5.41 Å². The first-order valence-corrected chi connectivity index (χ1v) is 6.02. The third-order valence-corrected chi connectivity index (χ3v) is 2.83. The summed E-state index contributed by atoms with van der Waals surface area (Å²) in [7, 11) is 0. The predicted molar refractivity (Wildman–Crippen MR) is 72.4 cm³/mol. The van der Waals surface area contributed by atoms with Gasteiger partial charge in [-0.05, 0) is 12.1 Å². The lowest BCUT2D eigenvalue weighted by Gasteiger charge is -2.28. The fourth-order valence-electron chi connectivity index (χ4n) is 1.41. The number of nitrogen functional groups attached to an aromatic ring is 1. The maximum atomic E-state index is 11.2. The maximum absolute atomic E-state index is 11.2. The third kappa shape index (κ3) is 3.43. The molecule has 0 bridgehead atoms. The zero-order valence-corrected chi connectivity index (χ0v) is 11.8. The quantitative estimate of drug-likeness (QED) is 0.837. The number of carboxylic acids is 1. The van der Waals surface area contributed by atoms with E-state index < -0.39 is 17.5 Å². The SMILES string of the molecule is CC(C)(C)C(Oc1c(Cl)cc(N)cc1Cl)C(=O)O. The van der Waals surface area contributed by atoms with E-state index in [1.807, 2.05) is 0 Å². The molecule has 0 spiro atoms. The molecule has 0 fully saturated rings. The van der Waals surface area contributed by atoms with Gasteiger partial charge in [-0.3, -0.25) is 0 Å². The van der Waals surface area contributed by atoms with Gasteiger partial charge in [-0.2, -0.15) is 0 Å². The summed E-state index contributed by atoms with van der Waals surface area (Å²) < 4.78 is 5.44. The van der Waals surface area contributed by atoms with E-state index in [1.54, 1.807) is 20.8 Å². The van der Waals surface area contributed by atoms with Crippen molar-refractivity contribution in [2.75, 3.05) is 5.73 Å². The molecule has 0 saturated heterocycles. The number of benzene rings is 1. The molecule has 6 heteroatoms. The number of ether oxygens (including phenoxy) is 1. The molecule has 0 saturated carbocycles. The van der Waals surface area contributed by atoms with Gasteiger partial charge in [-0.15, -0.1) is 0 Å². The molecule has 0 radical (unpaired) electrons. The Hall–Kier alpha value is -1.13. The van der Waals surface area contributed by atoms with Crippen molar-refractivity contribution >= 4 is 34.9 Å². The molecule has 1 aromatic carbocycles. The van der Waals surface area contributed by atoms with Crippen LogP contribution in [0.4, 0.5) is 5.69 Å². The third-order valence-electron chi connectivity index (χ3n) is 2.27. The molecule has 3 N–H and O–H groups in total. The predicted octanol–water partition coefficient (Wildman–Crippen LogP) is 3.45. The summed E-state index contributed by atoms with van der Waals surface area (Å²) in [5.41, 5.74) is 5.36. The Bertz CT molecular complexity index is 446. The average Bonchev–Trinajstić information content (AvgIpc) is 2.12. The Morgan fingerprint density at radius 2 is 1.78 bits per heavy atom. The van der Waals surface area contributed by atoms with Gasteiger partial charge >= 0.3 is 5.97 Å². The van der Waals surface area contributed by atoms with E-state index in [1.165, 1.54) is 12.1 Å². The van der Waals surface area contributed by atoms with Crippen molar-refractivity contribution in [3.05, 3.63) is 22.2 Å². The van der Waals surface area contributed by atoms with Crippen molar-refractivity contribution in [2.45, 2.75) is 26.9 Å². The van der Waals surface area contributed by atoms with Crippen LogP contribution >= 0.6 is 23.2 Å². The molecule has 1 unspecified atom stereocenters. The van der Waals surface area contributed by atoms with Gasteiger partial charge in [0.2, 0.25) is 6.10 Å². The lowest BCUT2D eigenvalue weighted by Crippen LogP contribution is -2.39. The number of carboxylic acid groups (broad SMARTS) is 1. The molecule has 4 nitrogen and oxygen atoms in total. The zero-order valence-electron chi connectivity index (χ0n) is 10.3. The molecular formula is C12H15Cl2NO3. The molecule has 0 aliphatic carbocycles. The Morgan fingerprint density at radius 1 is 1.33 bits per heavy atom. The number of hydrogen-bond donors (Lipinski definition) is 2. The van der Waals surface area contributed by atoms with Gasteiger partial charge in [0.05, 0.1) is 10.0 Å². The number of hydrogen-bond acceptors (Lipinski definition) is 3. The average molecular weight is 292 g/mol. The zero-order chi connectivity index (χ0) is 14.1. The van der Waals surface area contributed by atoms with Crippen LogP contribution in [0.3, 0.4) is 0 Å². The minimum absolute atomic E-state index is 0.134. The van der Waals surface area contributed by atoms with Crippen LogP contribution in [-0.2, 0) is 4.79 Å². The van der Waals surface area contributed by atoms with Crippen molar-refractivity contribution in [1.82, 2.24) is 0 Å². The lowest BCUT2D eigenvalue weighted by molar-refractivity contribution is -0.150. The normalized spacial score (nSPS) is 13.2. The fraction of sp³-hybridized carbons (Fsp3) is 0.417. The highest BCUT2D eigenvalue weighted by Crippen LogP contribution is 2.37. The minimum Gasteiger partial charge on any atom is -0.478 e. The number of rotatable bonds is 3. The first kappa shape index (κ1) is 14.9. The number of aliphatic carboxylic acids is 1. The summed E-state index contributed by atoms with van der Waals surface area (Å²) in [6.45, 7) is 5.26. The molecule has 0 aliphatic rings. The summed E-state index contributed by atoms with van der Waals surface area (Å²) in [6.07, 6.45) is -1.06. The van der Waals surface area contributed by atoms with Gasteiger partial charge in [-0.1, -0.05) is 44.0 Å². The van der Waals surface area contributed by atoms with Gasteiger partial charge in [0.25, 0.3) is 0 Å². The molecule has 0 heterocycles. The maximum Gasteiger partial charge on any atom is 0.345 e. The topological polar surface area (TPSA) is 72.5 Å². The van der Waals surface area contributed by atoms with E-state index in [-0.39, 0.29) is 15.8 Å². The number of halogens is 2. The van der Waals surface area contributed by atoms with E-state index in [4.69, 9.17) is 33.7 Å². The largest absolute Gasteiger partial charge is 0.478 e.